The van der Waals surface area contributed by atoms with Crippen molar-refractivity contribution >= 4 is 22.4 Å². The molecule has 5 aromatic rings. The number of nitrogens with zero attached hydrogens (tertiary/aromatic N) is 2. The highest BCUT2D eigenvalue weighted by molar-refractivity contribution is 6.05. The Morgan fingerprint density at radius 3 is 2.33 bits per heavy atom. The van der Waals surface area contributed by atoms with Crippen molar-refractivity contribution in [3.05, 3.63) is 131 Å². The maximum absolute atomic E-state index is 13.3. The second-order valence-electron chi connectivity index (χ2n) is 10.8. The lowest BCUT2D eigenvalue weighted by Gasteiger charge is -2.32. The number of nitrogens with one attached hydrogen (secondary N) is 1. The molecule has 40 heavy (non-hydrogen) atoms. The summed E-state index contributed by atoms with van der Waals surface area (Å²) in [6.45, 7) is 5.03. The lowest BCUT2D eigenvalue weighted by molar-refractivity contribution is 0.102. The van der Waals surface area contributed by atoms with Gasteiger partial charge in [0.15, 0.2) is 0 Å². The minimum Gasteiger partial charge on any atom is -0.322 e. The van der Waals surface area contributed by atoms with Crippen LogP contribution in [0.5, 0.6) is 0 Å². The summed E-state index contributed by atoms with van der Waals surface area (Å²) in [5, 5.41) is 5.25. The summed E-state index contributed by atoms with van der Waals surface area (Å²) >= 11 is 0. The van der Waals surface area contributed by atoms with E-state index in [0.717, 1.165) is 60.2 Å². The van der Waals surface area contributed by atoms with E-state index in [1.807, 2.05) is 48.5 Å². The first kappa shape index (κ1) is 25.9. The van der Waals surface area contributed by atoms with Crippen LogP contribution in [-0.4, -0.2) is 28.9 Å². The average molecular weight is 530 g/mol. The minimum atomic E-state index is -0.178. The van der Waals surface area contributed by atoms with Crippen molar-refractivity contribution in [3.63, 3.8) is 0 Å². The average Bonchev–Trinajstić information content (AvgIpc) is 2.98. The molecule has 0 atom stereocenters. The van der Waals surface area contributed by atoms with E-state index in [-0.39, 0.29) is 11.7 Å². The van der Waals surface area contributed by atoms with Crippen LogP contribution in [0.4, 0.5) is 10.1 Å². The van der Waals surface area contributed by atoms with Gasteiger partial charge in [-0.3, -0.25) is 14.7 Å². The quantitative estimate of drug-likeness (QED) is 0.243. The van der Waals surface area contributed by atoms with Crippen LogP contribution in [-0.2, 0) is 6.54 Å². The highest BCUT2D eigenvalue weighted by Gasteiger charge is 2.20. The molecule has 0 bridgehead atoms. The number of aromatic nitrogens is 1. The van der Waals surface area contributed by atoms with Crippen molar-refractivity contribution in [3.8, 4) is 11.3 Å². The van der Waals surface area contributed by atoms with Crippen molar-refractivity contribution in [1.82, 2.24) is 9.88 Å². The van der Waals surface area contributed by atoms with Crippen LogP contribution in [0, 0.1) is 12.7 Å². The van der Waals surface area contributed by atoms with Crippen LogP contribution < -0.4 is 5.32 Å². The Balaban J connectivity index is 1.06. The van der Waals surface area contributed by atoms with E-state index in [1.165, 1.54) is 16.7 Å². The summed E-state index contributed by atoms with van der Waals surface area (Å²) < 4.78 is 13.3. The van der Waals surface area contributed by atoms with Gasteiger partial charge in [0.05, 0.1) is 11.3 Å². The number of carbonyl (C=O) groups is 1. The Hall–Kier alpha value is -4.35. The molecule has 1 saturated heterocycles. The number of carbonyl (C=O) groups excluding carboxylic acids is 1. The molecule has 1 aliphatic heterocycles. The molecule has 6 rings (SSSR count). The Labute approximate surface area is 234 Å². The summed E-state index contributed by atoms with van der Waals surface area (Å²) in [7, 11) is 0. The Kier molecular flexibility index (Phi) is 7.39. The topological polar surface area (TPSA) is 45.2 Å². The highest BCUT2D eigenvalue weighted by Crippen LogP contribution is 2.29. The van der Waals surface area contributed by atoms with Crippen LogP contribution >= 0.6 is 0 Å². The van der Waals surface area contributed by atoms with Gasteiger partial charge in [-0.05, 0) is 103 Å². The number of piperidine rings is 1. The van der Waals surface area contributed by atoms with Crippen molar-refractivity contribution in [2.24, 2.45) is 0 Å². The lowest BCUT2D eigenvalue weighted by Crippen LogP contribution is -2.32. The van der Waals surface area contributed by atoms with Gasteiger partial charge in [-0.2, -0.15) is 0 Å². The molecule has 0 aliphatic carbocycles. The molecule has 1 N–H and O–H groups in total. The number of halogens is 1. The largest absolute Gasteiger partial charge is 0.322 e. The van der Waals surface area contributed by atoms with E-state index in [4.69, 9.17) is 0 Å². The fourth-order valence-electron chi connectivity index (χ4n) is 5.52. The van der Waals surface area contributed by atoms with E-state index in [9.17, 15) is 9.18 Å². The van der Waals surface area contributed by atoms with Gasteiger partial charge in [-0.1, -0.05) is 60.2 Å². The number of benzene rings is 4. The van der Waals surface area contributed by atoms with Crippen molar-refractivity contribution in [1.29, 1.82) is 0 Å². The number of rotatable bonds is 6. The van der Waals surface area contributed by atoms with E-state index in [1.54, 1.807) is 18.3 Å². The normalized spacial score (nSPS) is 14.3. The SMILES string of the molecule is Cc1ccc(-c2ccc(C(=O)Nc3ccc4cc(CN5CCC(c6ccc(F)cc6)CC5)ccc4c3)cn2)cc1. The summed E-state index contributed by atoms with van der Waals surface area (Å²) in [4.78, 5) is 19.9. The Bertz CT molecular complexity index is 1620. The molecule has 1 fully saturated rings. The van der Waals surface area contributed by atoms with Gasteiger partial charge >= 0.3 is 0 Å². The number of fused-ring (bicyclic) bond motifs is 1. The Morgan fingerprint density at radius 1 is 0.875 bits per heavy atom. The number of aryl methyl sites for hydroxylation is 1. The van der Waals surface area contributed by atoms with Gasteiger partial charge in [0.1, 0.15) is 5.82 Å². The molecule has 0 spiro atoms. The summed E-state index contributed by atoms with van der Waals surface area (Å²) in [5.41, 5.74) is 6.88. The predicted octanol–water partition coefficient (Wildman–Crippen LogP) is 7.98. The fourth-order valence-corrected chi connectivity index (χ4v) is 5.52. The molecular weight excluding hydrogens is 497 g/mol. The number of pyridine rings is 1. The molecule has 1 aromatic heterocycles. The highest BCUT2D eigenvalue weighted by atomic mass is 19.1. The molecule has 5 heteroatoms. The van der Waals surface area contributed by atoms with Crippen LogP contribution in [0.3, 0.4) is 0 Å². The molecule has 1 aliphatic rings. The van der Waals surface area contributed by atoms with Crippen LogP contribution in [0.2, 0.25) is 0 Å². The van der Waals surface area contributed by atoms with Crippen molar-refractivity contribution in [2.75, 3.05) is 18.4 Å². The third-order valence-electron chi connectivity index (χ3n) is 7.87. The maximum atomic E-state index is 13.3. The van der Waals surface area contributed by atoms with Crippen molar-refractivity contribution in [2.45, 2.75) is 32.2 Å². The molecule has 200 valence electrons. The van der Waals surface area contributed by atoms with E-state index >= 15 is 0 Å². The molecule has 0 saturated carbocycles. The van der Waals surface area contributed by atoms with E-state index in [2.05, 4.69) is 58.5 Å². The summed E-state index contributed by atoms with van der Waals surface area (Å²) in [5.74, 6) is 0.153. The second-order valence-corrected chi connectivity index (χ2v) is 10.8. The van der Waals surface area contributed by atoms with E-state index < -0.39 is 0 Å². The second kappa shape index (κ2) is 11.4. The zero-order valence-corrected chi connectivity index (χ0v) is 22.6. The predicted molar refractivity (Wildman–Crippen MR) is 160 cm³/mol. The van der Waals surface area contributed by atoms with Gasteiger partial charge < -0.3 is 5.32 Å². The maximum Gasteiger partial charge on any atom is 0.257 e. The smallest absolute Gasteiger partial charge is 0.257 e. The first-order valence-electron chi connectivity index (χ1n) is 13.9. The fraction of sp³-hybridized carbons (Fsp3) is 0.200. The number of likely N-dealkylation sites (tertiary alicyclic amines) is 1. The lowest BCUT2D eigenvalue weighted by atomic mass is 9.89. The molecule has 4 nitrogen and oxygen atoms in total. The van der Waals surface area contributed by atoms with Crippen molar-refractivity contribution < 1.29 is 9.18 Å². The molecule has 4 aromatic carbocycles. The van der Waals surface area contributed by atoms with Gasteiger partial charge in [-0.25, -0.2) is 4.39 Å². The molecular formula is C35H32FN3O. The monoisotopic (exact) mass is 529 g/mol. The zero-order chi connectivity index (χ0) is 27.5. The van der Waals surface area contributed by atoms with Gasteiger partial charge in [0, 0.05) is 24.0 Å². The first-order chi connectivity index (χ1) is 19.5. The third kappa shape index (κ3) is 5.95. The number of hydrogen-bond donors (Lipinski definition) is 1. The van der Waals surface area contributed by atoms with Gasteiger partial charge in [0.25, 0.3) is 5.91 Å². The Morgan fingerprint density at radius 2 is 1.60 bits per heavy atom. The van der Waals surface area contributed by atoms with Gasteiger partial charge in [0.2, 0.25) is 0 Å². The number of anilines is 1. The van der Waals surface area contributed by atoms with Gasteiger partial charge in [-0.15, -0.1) is 0 Å². The molecule has 0 radical (unpaired) electrons. The molecule has 2 heterocycles. The number of amides is 1. The summed E-state index contributed by atoms with van der Waals surface area (Å²) in [6.07, 6.45) is 3.80. The first-order valence-corrected chi connectivity index (χ1v) is 13.9. The molecule has 0 unspecified atom stereocenters. The van der Waals surface area contributed by atoms with Crippen LogP contribution in [0.1, 0.15) is 45.8 Å². The standard InChI is InChI=1S/C35H32FN3O/c1-24-2-5-28(6-3-24)34-15-11-31(22-37-34)35(40)38-33-14-10-29-20-25(4-7-30(29)21-33)23-39-18-16-27(17-19-39)26-8-12-32(36)13-9-26/h2-15,20-22,27H,16-19,23H2,1H3,(H,38,40). The molecule has 1 amide bonds. The summed E-state index contributed by atoms with van der Waals surface area (Å²) in [6, 6.07) is 31.4. The number of hydrogen-bond acceptors (Lipinski definition) is 3. The minimum absolute atomic E-state index is 0.173. The third-order valence-corrected chi connectivity index (χ3v) is 7.87. The van der Waals surface area contributed by atoms with Crippen LogP contribution in [0.15, 0.2) is 103 Å². The zero-order valence-electron chi connectivity index (χ0n) is 22.6. The van der Waals surface area contributed by atoms with E-state index in [0.29, 0.717) is 11.5 Å². The van der Waals surface area contributed by atoms with Crippen LogP contribution in [0.25, 0.3) is 22.0 Å².